The number of rotatable bonds is 4. The number of amides is 2. The summed E-state index contributed by atoms with van der Waals surface area (Å²) in [6.07, 6.45) is 4.95. The quantitative estimate of drug-likeness (QED) is 0.857. The van der Waals surface area contributed by atoms with E-state index in [0.717, 1.165) is 25.8 Å². The Labute approximate surface area is 152 Å². The molecule has 0 bridgehead atoms. The third kappa shape index (κ3) is 3.70. The minimum absolute atomic E-state index is 0.114. The molecule has 4 nitrogen and oxygen atoms in total. The maximum absolute atomic E-state index is 12.7. The Morgan fingerprint density at radius 2 is 2.00 bits per heavy atom. The molecule has 1 aliphatic heterocycles. The van der Waals surface area contributed by atoms with Gasteiger partial charge in [-0.1, -0.05) is 30.1 Å². The number of carbonyl (C=O) groups is 2. The van der Waals surface area contributed by atoms with Crippen LogP contribution in [0.2, 0.25) is 10.0 Å². The molecule has 24 heavy (non-hydrogen) atoms. The summed E-state index contributed by atoms with van der Waals surface area (Å²) < 4.78 is 0. The van der Waals surface area contributed by atoms with Crippen molar-refractivity contribution in [1.29, 1.82) is 0 Å². The van der Waals surface area contributed by atoms with Gasteiger partial charge in [0.15, 0.2) is 0 Å². The molecule has 1 aromatic carbocycles. The van der Waals surface area contributed by atoms with Gasteiger partial charge in [-0.3, -0.25) is 9.59 Å². The molecular formula is C18H22Cl2N2O2. The zero-order chi connectivity index (χ0) is 17.3. The van der Waals surface area contributed by atoms with E-state index >= 15 is 0 Å². The van der Waals surface area contributed by atoms with E-state index in [1.807, 2.05) is 4.90 Å². The SMILES string of the molecule is CCC1CCCCN1C(=O)C1CC1C(=O)Nc1ccc(Cl)c(Cl)c1. The first kappa shape index (κ1) is 17.6. The molecule has 1 N–H and O–H groups in total. The van der Waals surface area contributed by atoms with Crippen LogP contribution in [-0.4, -0.2) is 29.3 Å². The van der Waals surface area contributed by atoms with Gasteiger partial charge in [-0.15, -0.1) is 0 Å². The van der Waals surface area contributed by atoms with Crippen molar-refractivity contribution < 1.29 is 9.59 Å². The molecule has 1 aliphatic carbocycles. The summed E-state index contributed by atoms with van der Waals surface area (Å²) >= 11 is 11.8. The van der Waals surface area contributed by atoms with Crippen molar-refractivity contribution >= 4 is 40.7 Å². The maximum atomic E-state index is 12.7. The standard InChI is InChI=1S/C18H22Cl2N2O2/c1-2-12-5-3-4-8-22(12)18(24)14-10-13(14)17(23)21-11-6-7-15(19)16(20)9-11/h6-7,9,12-14H,2-5,8,10H2,1H3,(H,21,23). The zero-order valence-corrected chi connectivity index (χ0v) is 15.2. The van der Waals surface area contributed by atoms with E-state index in [4.69, 9.17) is 23.2 Å². The Kier molecular flexibility index (Phi) is 5.36. The largest absolute Gasteiger partial charge is 0.339 e. The number of piperidine rings is 1. The summed E-state index contributed by atoms with van der Waals surface area (Å²) in [6.45, 7) is 2.95. The number of hydrogen-bond acceptors (Lipinski definition) is 2. The molecule has 1 saturated carbocycles. The van der Waals surface area contributed by atoms with Crippen LogP contribution in [0.4, 0.5) is 5.69 Å². The van der Waals surface area contributed by atoms with E-state index in [-0.39, 0.29) is 23.7 Å². The molecule has 2 amide bonds. The predicted octanol–water partition coefficient (Wildman–Crippen LogP) is 4.36. The number of halogens is 2. The molecule has 0 aromatic heterocycles. The Hall–Kier alpha value is -1.26. The molecule has 1 saturated heterocycles. The molecule has 2 fully saturated rings. The topological polar surface area (TPSA) is 49.4 Å². The van der Waals surface area contributed by atoms with E-state index in [9.17, 15) is 9.59 Å². The molecule has 1 aromatic rings. The molecule has 0 spiro atoms. The monoisotopic (exact) mass is 368 g/mol. The highest BCUT2D eigenvalue weighted by atomic mass is 35.5. The third-order valence-electron chi connectivity index (χ3n) is 5.01. The summed E-state index contributed by atoms with van der Waals surface area (Å²) in [5, 5.41) is 3.68. The number of anilines is 1. The third-order valence-corrected chi connectivity index (χ3v) is 5.75. The normalized spacial score (nSPS) is 26.1. The Balaban J connectivity index is 1.58. The minimum Gasteiger partial charge on any atom is -0.339 e. The van der Waals surface area contributed by atoms with Crippen LogP contribution < -0.4 is 5.32 Å². The Bertz CT molecular complexity index is 650. The second-order valence-electron chi connectivity index (χ2n) is 6.66. The number of nitrogens with one attached hydrogen (secondary N) is 1. The van der Waals surface area contributed by atoms with Gasteiger partial charge < -0.3 is 10.2 Å². The number of likely N-dealkylation sites (tertiary alicyclic amines) is 1. The van der Waals surface area contributed by atoms with Gasteiger partial charge >= 0.3 is 0 Å². The van der Waals surface area contributed by atoms with Crippen LogP contribution in [0.15, 0.2) is 18.2 Å². The lowest BCUT2D eigenvalue weighted by molar-refractivity contribution is -0.137. The lowest BCUT2D eigenvalue weighted by Crippen LogP contribution is -2.44. The van der Waals surface area contributed by atoms with Gasteiger partial charge in [-0.2, -0.15) is 0 Å². The highest BCUT2D eigenvalue weighted by Crippen LogP contribution is 2.42. The summed E-state index contributed by atoms with van der Waals surface area (Å²) in [5.41, 5.74) is 0.608. The van der Waals surface area contributed by atoms with E-state index < -0.39 is 0 Å². The fraction of sp³-hybridized carbons (Fsp3) is 0.556. The van der Waals surface area contributed by atoms with Gasteiger partial charge in [0.2, 0.25) is 11.8 Å². The maximum Gasteiger partial charge on any atom is 0.228 e. The first-order valence-electron chi connectivity index (χ1n) is 8.57. The van der Waals surface area contributed by atoms with Crippen LogP contribution in [0, 0.1) is 11.8 Å². The average molecular weight is 369 g/mol. The van der Waals surface area contributed by atoms with Crippen molar-refractivity contribution in [3.63, 3.8) is 0 Å². The number of carbonyl (C=O) groups excluding carboxylic acids is 2. The molecule has 2 aliphatic rings. The van der Waals surface area contributed by atoms with Gasteiger partial charge in [0.1, 0.15) is 0 Å². The fourth-order valence-electron chi connectivity index (χ4n) is 3.49. The molecule has 1 heterocycles. The van der Waals surface area contributed by atoms with Crippen molar-refractivity contribution in [3.05, 3.63) is 28.2 Å². The number of hydrogen-bond donors (Lipinski definition) is 1. The minimum atomic E-state index is -0.230. The van der Waals surface area contributed by atoms with E-state index in [1.165, 1.54) is 6.42 Å². The number of benzene rings is 1. The first-order chi connectivity index (χ1) is 11.5. The van der Waals surface area contributed by atoms with Gasteiger partial charge in [0.05, 0.1) is 21.9 Å². The highest BCUT2D eigenvalue weighted by molar-refractivity contribution is 6.42. The molecule has 0 radical (unpaired) electrons. The molecule has 3 rings (SSSR count). The summed E-state index contributed by atoms with van der Waals surface area (Å²) in [7, 11) is 0. The molecule has 130 valence electrons. The molecular weight excluding hydrogens is 347 g/mol. The molecule has 3 unspecified atom stereocenters. The molecule has 6 heteroatoms. The van der Waals surface area contributed by atoms with Gasteiger partial charge in [-0.25, -0.2) is 0 Å². The van der Waals surface area contributed by atoms with Crippen LogP contribution in [-0.2, 0) is 9.59 Å². The second kappa shape index (κ2) is 7.32. The summed E-state index contributed by atoms with van der Waals surface area (Å²) in [4.78, 5) is 27.1. The first-order valence-corrected chi connectivity index (χ1v) is 9.33. The zero-order valence-electron chi connectivity index (χ0n) is 13.7. The van der Waals surface area contributed by atoms with Crippen LogP contribution in [0.5, 0.6) is 0 Å². The lowest BCUT2D eigenvalue weighted by Gasteiger charge is -2.35. The summed E-state index contributed by atoms with van der Waals surface area (Å²) in [6, 6.07) is 5.32. The van der Waals surface area contributed by atoms with Crippen LogP contribution >= 0.6 is 23.2 Å². The van der Waals surface area contributed by atoms with Gasteiger partial charge in [0, 0.05) is 18.3 Å². The van der Waals surface area contributed by atoms with E-state index in [2.05, 4.69) is 12.2 Å². The van der Waals surface area contributed by atoms with Crippen LogP contribution in [0.1, 0.15) is 39.0 Å². The van der Waals surface area contributed by atoms with Crippen molar-refractivity contribution in [3.8, 4) is 0 Å². The van der Waals surface area contributed by atoms with Gasteiger partial charge in [-0.05, 0) is 50.3 Å². The Morgan fingerprint density at radius 3 is 2.71 bits per heavy atom. The van der Waals surface area contributed by atoms with E-state index in [1.54, 1.807) is 18.2 Å². The predicted molar refractivity (Wildman–Crippen MR) is 96.3 cm³/mol. The van der Waals surface area contributed by atoms with Crippen molar-refractivity contribution in [2.75, 3.05) is 11.9 Å². The van der Waals surface area contributed by atoms with E-state index in [0.29, 0.717) is 28.2 Å². The molecule has 3 atom stereocenters. The average Bonchev–Trinajstić information content (AvgIpc) is 3.38. The lowest BCUT2D eigenvalue weighted by atomic mass is 9.99. The number of nitrogens with zero attached hydrogens (tertiary/aromatic N) is 1. The Morgan fingerprint density at radius 1 is 1.21 bits per heavy atom. The fourth-order valence-corrected chi connectivity index (χ4v) is 3.79. The van der Waals surface area contributed by atoms with Crippen molar-refractivity contribution in [2.45, 2.75) is 45.1 Å². The van der Waals surface area contributed by atoms with Gasteiger partial charge in [0.25, 0.3) is 0 Å². The van der Waals surface area contributed by atoms with Crippen molar-refractivity contribution in [2.24, 2.45) is 11.8 Å². The second-order valence-corrected chi connectivity index (χ2v) is 7.47. The highest BCUT2D eigenvalue weighted by Gasteiger charge is 2.50. The smallest absolute Gasteiger partial charge is 0.228 e. The van der Waals surface area contributed by atoms with Crippen LogP contribution in [0.3, 0.4) is 0 Å². The van der Waals surface area contributed by atoms with Crippen molar-refractivity contribution in [1.82, 2.24) is 4.90 Å². The van der Waals surface area contributed by atoms with Crippen LogP contribution in [0.25, 0.3) is 0 Å². The summed E-state index contributed by atoms with van der Waals surface area (Å²) in [5.74, 6) is -0.362.